The molecule has 1 aliphatic rings. The fourth-order valence-electron chi connectivity index (χ4n) is 3.42. The average molecular weight is 514 g/mol. The monoisotopic (exact) mass is 513 g/mol. The van der Waals surface area contributed by atoms with E-state index in [-0.39, 0.29) is 23.1 Å². The van der Waals surface area contributed by atoms with E-state index in [2.05, 4.69) is 25.6 Å². The van der Waals surface area contributed by atoms with Crippen LogP contribution >= 0.6 is 23.4 Å². The second-order valence-corrected chi connectivity index (χ2v) is 9.40. The maximum Gasteiger partial charge on any atom is 0.328 e. The van der Waals surface area contributed by atoms with Crippen molar-refractivity contribution in [3.63, 3.8) is 0 Å². The number of hydrogen-bond acceptors (Lipinski definition) is 7. The van der Waals surface area contributed by atoms with E-state index >= 15 is 0 Å². The zero-order valence-corrected chi connectivity index (χ0v) is 19.9. The molecule has 2 aromatic carbocycles. The molecule has 10 nitrogen and oxygen atoms in total. The van der Waals surface area contributed by atoms with E-state index in [1.807, 2.05) is 19.1 Å². The minimum Gasteiger partial charge on any atom is -0.494 e. The summed E-state index contributed by atoms with van der Waals surface area (Å²) < 4.78 is 0. The summed E-state index contributed by atoms with van der Waals surface area (Å²) in [5.41, 5.74) is 0.228. The second kappa shape index (κ2) is 10.2. The quantitative estimate of drug-likeness (QED) is 0.341. The van der Waals surface area contributed by atoms with Gasteiger partial charge in [-0.3, -0.25) is 24.4 Å². The third kappa shape index (κ3) is 5.81. The Morgan fingerprint density at radius 1 is 1.11 bits per heavy atom. The molecule has 1 aliphatic heterocycles. The number of aromatic amines is 2. The number of carbonyl (C=O) groups excluding carboxylic acids is 2. The number of amidine groups is 1. The highest BCUT2D eigenvalue weighted by Crippen LogP contribution is 2.32. The first-order valence-corrected chi connectivity index (χ1v) is 11.7. The Labute approximate surface area is 207 Å². The molecule has 1 fully saturated rings. The van der Waals surface area contributed by atoms with Crippen LogP contribution in [0.4, 0.5) is 5.69 Å². The van der Waals surface area contributed by atoms with Gasteiger partial charge in [-0.05, 0) is 36.8 Å². The van der Waals surface area contributed by atoms with Gasteiger partial charge in [0.1, 0.15) is 16.9 Å². The van der Waals surface area contributed by atoms with Gasteiger partial charge < -0.3 is 15.7 Å². The van der Waals surface area contributed by atoms with Crippen LogP contribution in [0, 0.1) is 6.92 Å². The maximum absolute atomic E-state index is 12.5. The Hall–Kier alpha value is -3.83. The molecule has 3 aromatic rings. The first-order valence-electron chi connectivity index (χ1n) is 10.4. The van der Waals surface area contributed by atoms with Crippen molar-refractivity contribution in [2.24, 2.45) is 4.99 Å². The molecule has 4 rings (SSSR count). The third-order valence-corrected chi connectivity index (χ3v) is 6.49. The van der Waals surface area contributed by atoms with Gasteiger partial charge in [-0.2, -0.15) is 0 Å². The molecule has 2 atom stereocenters. The number of benzene rings is 2. The fourth-order valence-corrected chi connectivity index (χ4v) is 4.55. The molecule has 0 bridgehead atoms. The number of amides is 2. The summed E-state index contributed by atoms with van der Waals surface area (Å²) in [7, 11) is 0. The molecular weight excluding hydrogens is 494 g/mol. The van der Waals surface area contributed by atoms with Crippen LogP contribution < -0.4 is 21.9 Å². The van der Waals surface area contributed by atoms with Crippen LogP contribution in [-0.4, -0.2) is 37.3 Å². The number of aromatic nitrogens is 2. The summed E-state index contributed by atoms with van der Waals surface area (Å²) in [5.74, 6) is -1.40. The molecule has 2 heterocycles. The minimum absolute atomic E-state index is 0.0977. The molecular formula is C23H20ClN5O5S. The summed E-state index contributed by atoms with van der Waals surface area (Å²) in [6.45, 7) is 1.93. The number of aliphatic imine (C=N–C) groups is 1. The van der Waals surface area contributed by atoms with E-state index in [0.717, 1.165) is 17.3 Å². The molecule has 35 heavy (non-hydrogen) atoms. The predicted octanol–water partition coefficient (Wildman–Crippen LogP) is 2.44. The summed E-state index contributed by atoms with van der Waals surface area (Å²) in [6.07, 6.45) is -0.0977. The molecule has 0 radical (unpaired) electrons. The molecule has 1 saturated heterocycles. The highest BCUT2D eigenvalue weighted by Gasteiger charge is 2.33. The molecule has 12 heteroatoms. The average Bonchev–Trinajstić information content (AvgIpc) is 3.13. The lowest BCUT2D eigenvalue weighted by Gasteiger charge is -2.14. The maximum atomic E-state index is 12.5. The standard InChI is InChI=1S/C23H20ClN5O5S/c1-11-2-8-14(9-3-11)25-16(30)10-15-19(31)29-23(35-15)26-18(12-4-6-13(24)7-5-12)17-20(32)27-22(34)28-21(17)33/h2-9,15,18H,10H2,1H3,(H,25,30)(H,26,29,31)(H3,27,28,32,33,34)/t15-,18-/m0/s1. The number of thioether (sulfide) groups is 1. The van der Waals surface area contributed by atoms with E-state index < -0.39 is 34.3 Å². The molecule has 180 valence electrons. The van der Waals surface area contributed by atoms with Crippen LogP contribution in [0.3, 0.4) is 0 Å². The van der Waals surface area contributed by atoms with Crippen LogP contribution in [0.2, 0.25) is 5.02 Å². The van der Waals surface area contributed by atoms with Crippen molar-refractivity contribution >= 4 is 46.0 Å². The van der Waals surface area contributed by atoms with Gasteiger partial charge in [0.15, 0.2) is 5.17 Å². The highest BCUT2D eigenvalue weighted by molar-refractivity contribution is 8.15. The molecule has 2 amide bonds. The molecule has 5 N–H and O–H groups in total. The normalized spacial score (nSPS) is 17.3. The lowest BCUT2D eigenvalue weighted by Crippen LogP contribution is -2.29. The number of halogens is 1. The van der Waals surface area contributed by atoms with Crippen molar-refractivity contribution in [1.29, 1.82) is 0 Å². The topological polar surface area (TPSA) is 157 Å². The van der Waals surface area contributed by atoms with Crippen molar-refractivity contribution in [1.82, 2.24) is 15.3 Å². The summed E-state index contributed by atoms with van der Waals surface area (Å²) in [5, 5.41) is 15.5. The van der Waals surface area contributed by atoms with Gasteiger partial charge in [-0.15, -0.1) is 0 Å². The van der Waals surface area contributed by atoms with Gasteiger partial charge in [0, 0.05) is 17.1 Å². The number of nitrogens with one attached hydrogen (secondary N) is 4. The van der Waals surface area contributed by atoms with Crippen LogP contribution in [0.5, 0.6) is 5.88 Å². The number of anilines is 1. The zero-order chi connectivity index (χ0) is 25.1. The van der Waals surface area contributed by atoms with Gasteiger partial charge in [-0.25, -0.2) is 9.79 Å². The Bertz CT molecular complexity index is 1420. The smallest absolute Gasteiger partial charge is 0.328 e. The summed E-state index contributed by atoms with van der Waals surface area (Å²) >= 11 is 7.00. The first kappa shape index (κ1) is 24.3. The van der Waals surface area contributed by atoms with Crippen LogP contribution in [0.1, 0.15) is 29.2 Å². The minimum atomic E-state index is -1.07. The van der Waals surface area contributed by atoms with Gasteiger partial charge >= 0.3 is 5.69 Å². The van der Waals surface area contributed by atoms with Gasteiger partial charge in [-0.1, -0.05) is 53.2 Å². The summed E-state index contributed by atoms with van der Waals surface area (Å²) in [4.78, 5) is 57.7. The fraction of sp³-hybridized carbons (Fsp3) is 0.174. The van der Waals surface area contributed by atoms with Crippen molar-refractivity contribution < 1.29 is 14.7 Å². The van der Waals surface area contributed by atoms with E-state index in [4.69, 9.17) is 11.6 Å². The van der Waals surface area contributed by atoms with Gasteiger partial charge in [0.05, 0.1) is 0 Å². The van der Waals surface area contributed by atoms with E-state index in [9.17, 15) is 24.3 Å². The Morgan fingerprint density at radius 3 is 2.46 bits per heavy atom. The number of hydrogen-bond donors (Lipinski definition) is 5. The molecule has 0 unspecified atom stereocenters. The molecule has 0 aliphatic carbocycles. The Balaban J connectivity index is 1.58. The molecule has 0 spiro atoms. The number of aryl methyl sites for hydroxylation is 1. The van der Waals surface area contributed by atoms with Crippen molar-refractivity contribution in [3.05, 3.63) is 91.1 Å². The molecule has 1 aromatic heterocycles. The van der Waals surface area contributed by atoms with E-state index in [1.54, 1.807) is 36.4 Å². The van der Waals surface area contributed by atoms with Crippen LogP contribution in [0.15, 0.2) is 63.1 Å². The number of carbonyl (C=O) groups is 2. The highest BCUT2D eigenvalue weighted by atomic mass is 35.5. The van der Waals surface area contributed by atoms with Gasteiger partial charge in [0.2, 0.25) is 17.7 Å². The SMILES string of the molecule is Cc1ccc(NC(=O)C[C@@H]2SC(=N[C@@H](c3ccc(Cl)cc3)c3c(O)[nH]c(=O)[nH]c3=O)NC2=O)cc1. The van der Waals surface area contributed by atoms with E-state index in [0.29, 0.717) is 16.3 Å². The number of aromatic hydroxyl groups is 1. The van der Waals surface area contributed by atoms with Gasteiger partial charge in [0.25, 0.3) is 5.56 Å². The van der Waals surface area contributed by atoms with E-state index in [1.165, 1.54) is 0 Å². The third-order valence-electron chi connectivity index (χ3n) is 5.15. The van der Waals surface area contributed by atoms with Crippen LogP contribution in [0.25, 0.3) is 0 Å². The van der Waals surface area contributed by atoms with Crippen molar-refractivity contribution in [2.45, 2.75) is 24.6 Å². The largest absolute Gasteiger partial charge is 0.494 e. The number of rotatable bonds is 6. The zero-order valence-electron chi connectivity index (χ0n) is 18.3. The van der Waals surface area contributed by atoms with Crippen LogP contribution in [-0.2, 0) is 9.59 Å². The Kier molecular flexibility index (Phi) is 7.08. The first-order chi connectivity index (χ1) is 16.7. The Morgan fingerprint density at radius 2 is 1.80 bits per heavy atom. The lowest BCUT2D eigenvalue weighted by molar-refractivity contribution is -0.122. The number of nitrogens with zero attached hydrogens (tertiary/aromatic N) is 1. The predicted molar refractivity (Wildman–Crippen MR) is 134 cm³/mol. The van der Waals surface area contributed by atoms with Crippen molar-refractivity contribution in [3.8, 4) is 5.88 Å². The summed E-state index contributed by atoms with van der Waals surface area (Å²) in [6, 6.07) is 12.6. The molecule has 0 saturated carbocycles. The van der Waals surface area contributed by atoms with Crippen molar-refractivity contribution in [2.75, 3.05) is 5.32 Å². The second-order valence-electron chi connectivity index (χ2n) is 7.77. The lowest BCUT2D eigenvalue weighted by atomic mass is 10.0. The number of H-pyrrole nitrogens is 2.